The van der Waals surface area contributed by atoms with Gasteiger partial charge in [-0.2, -0.15) is 0 Å². The number of ether oxygens (including phenoxy) is 2. The first kappa shape index (κ1) is 40.8. The lowest BCUT2D eigenvalue weighted by molar-refractivity contribution is -0.0189. The Bertz CT molecular complexity index is 1720. The van der Waals surface area contributed by atoms with Crippen molar-refractivity contribution in [1.82, 2.24) is 0 Å². The summed E-state index contributed by atoms with van der Waals surface area (Å²) in [7, 11) is 0. The van der Waals surface area contributed by atoms with Crippen LogP contribution in [0.5, 0.6) is 51.7 Å². The number of phenolic OH excluding ortho intramolecular Hbond substituents is 8. The van der Waals surface area contributed by atoms with Gasteiger partial charge >= 0.3 is 5.97 Å². The van der Waals surface area contributed by atoms with Gasteiger partial charge in [-0.15, -0.1) is 0 Å². The lowest BCUT2D eigenvalue weighted by atomic mass is 9.90. The van der Waals surface area contributed by atoms with Crippen molar-refractivity contribution >= 4 is 5.97 Å². The highest BCUT2D eigenvalue weighted by molar-refractivity contribution is 5.91. The number of carbonyl (C=O) groups is 1. The Hall–Kier alpha value is -4.93. The van der Waals surface area contributed by atoms with Crippen LogP contribution in [0.25, 0.3) is 0 Å². The van der Waals surface area contributed by atoms with Crippen molar-refractivity contribution in [3.63, 3.8) is 0 Å². The summed E-state index contributed by atoms with van der Waals surface area (Å²) in [6.45, 7) is 11.3. The molecular weight excluding hydrogens is 680 g/mol. The molecular formula is C42H56O11. The van der Waals surface area contributed by atoms with Crippen LogP contribution in [0, 0.1) is 17.8 Å². The second kappa shape index (κ2) is 18.2. The number of allylic oxidation sites excluding steroid dienone is 2. The molecule has 0 saturated heterocycles. The lowest BCUT2D eigenvalue weighted by Gasteiger charge is -2.34. The van der Waals surface area contributed by atoms with Crippen molar-refractivity contribution < 1.29 is 55.1 Å². The fourth-order valence-corrected chi connectivity index (χ4v) is 6.93. The zero-order valence-electron chi connectivity index (χ0n) is 31.4. The van der Waals surface area contributed by atoms with E-state index in [2.05, 4.69) is 27.7 Å². The minimum absolute atomic E-state index is 0.0765. The molecule has 1 aliphatic rings. The molecule has 4 atom stereocenters. The Morgan fingerprint density at radius 3 is 1.83 bits per heavy atom. The minimum Gasteiger partial charge on any atom is -0.507 e. The Balaban J connectivity index is 1.45. The van der Waals surface area contributed by atoms with E-state index in [1.54, 1.807) is 0 Å². The number of benzene rings is 3. The SMILES string of the molecule is C/C(=C\Cc1c(O)cc2c(c1O)C[C@@H](OC(=O)c1cc(O)c(O)c(O)c1)[C@@H](c1cc(O)c(O)c(O)c1)O2)CCCC(C)CCCC(C)CCCC(C)C. The van der Waals surface area contributed by atoms with Crippen LogP contribution in [0.3, 0.4) is 0 Å². The maximum Gasteiger partial charge on any atom is 0.338 e. The smallest absolute Gasteiger partial charge is 0.338 e. The largest absolute Gasteiger partial charge is 0.507 e. The molecule has 1 heterocycles. The number of hydrogen-bond acceptors (Lipinski definition) is 11. The van der Waals surface area contributed by atoms with E-state index < -0.39 is 52.7 Å². The maximum absolute atomic E-state index is 13.2. The van der Waals surface area contributed by atoms with Gasteiger partial charge in [-0.25, -0.2) is 4.79 Å². The van der Waals surface area contributed by atoms with Crippen molar-refractivity contribution in [2.24, 2.45) is 17.8 Å². The van der Waals surface area contributed by atoms with Gasteiger partial charge in [-0.05, 0) is 68.2 Å². The van der Waals surface area contributed by atoms with E-state index in [1.807, 2.05) is 13.0 Å². The molecule has 3 aromatic carbocycles. The molecule has 2 unspecified atom stereocenters. The van der Waals surface area contributed by atoms with Crippen LogP contribution in [-0.2, 0) is 17.6 Å². The molecule has 0 fully saturated rings. The van der Waals surface area contributed by atoms with E-state index >= 15 is 0 Å². The average molecular weight is 737 g/mol. The molecule has 0 radical (unpaired) electrons. The Kier molecular flexibility index (Phi) is 14.0. The van der Waals surface area contributed by atoms with E-state index in [1.165, 1.54) is 44.6 Å². The number of phenols is 8. The first-order chi connectivity index (χ1) is 25.0. The molecule has 53 heavy (non-hydrogen) atoms. The molecule has 11 nitrogen and oxygen atoms in total. The topological polar surface area (TPSA) is 197 Å². The standard InChI is InChI=1S/C42H56O11/c1-23(2)9-6-10-24(3)11-7-12-25(4)13-8-14-26(5)15-16-29-31(43)22-36-30(38(29)48)21-37(41(52-36)27-17-32(44)39(49)33(45)18-27)53-42(51)28-19-34(46)40(50)35(47)20-28/h15,17-20,22-25,37,41,43-50H,6-14,16,21H2,1-5H3/b26-15+/t24?,25?,37-,41-/m1/s1. The monoisotopic (exact) mass is 736 g/mol. The van der Waals surface area contributed by atoms with Gasteiger partial charge in [0, 0.05) is 29.2 Å². The van der Waals surface area contributed by atoms with Gasteiger partial charge in [0.15, 0.2) is 40.6 Å². The van der Waals surface area contributed by atoms with Gasteiger partial charge in [-0.3, -0.25) is 0 Å². The maximum atomic E-state index is 13.2. The number of hydrogen-bond donors (Lipinski definition) is 8. The molecule has 0 bridgehead atoms. The third-order valence-corrected chi connectivity index (χ3v) is 10.2. The Morgan fingerprint density at radius 1 is 0.736 bits per heavy atom. The van der Waals surface area contributed by atoms with Crippen LogP contribution < -0.4 is 4.74 Å². The van der Waals surface area contributed by atoms with Crippen molar-refractivity contribution in [2.45, 2.75) is 117 Å². The molecule has 0 aromatic heterocycles. The molecule has 0 amide bonds. The molecule has 1 aliphatic heterocycles. The van der Waals surface area contributed by atoms with E-state index in [4.69, 9.17) is 9.47 Å². The van der Waals surface area contributed by atoms with Gasteiger partial charge < -0.3 is 50.3 Å². The summed E-state index contributed by atoms with van der Waals surface area (Å²) >= 11 is 0. The third-order valence-electron chi connectivity index (χ3n) is 10.2. The lowest BCUT2D eigenvalue weighted by Crippen LogP contribution is -2.35. The van der Waals surface area contributed by atoms with Crippen LogP contribution in [0.4, 0.5) is 0 Å². The number of aromatic hydroxyl groups is 8. The molecule has 290 valence electrons. The molecule has 8 N–H and O–H groups in total. The van der Waals surface area contributed by atoms with Gasteiger partial charge in [-0.1, -0.05) is 84.3 Å². The molecule has 0 aliphatic carbocycles. The molecule has 3 aromatic rings. The fraction of sp³-hybridized carbons (Fsp3) is 0.500. The Labute approximate surface area is 311 Å². The van der Waals surface area contributed by atoms with Crippen molar-refractivity contribution in [3.05, 3.63) is 64.2 Å². The summed E-state index contributed by atoms with van der Waals surface area (Å²) in [5.41, 5.74) is 1.43. The van der Waals surface area contributed by atoms with Crippen LogP contribution in [-0.4, -0.2) is 52.9 Å². The zero-order valence-corrected chi connectivity index (χ0v) is 31.4. The predicted octanol–water partition coefficient (Wildman–Crippen LogP) is 9.16. The van der Waals surface area contributed by atoms with Crippen LogP contribution in [0.2, 0.25) is 0 Å². The van der Waals surface area contributed by atoms with Crippen molar-refractivity contribution in [2.75, 3.05) is 0 Å². The van der Waals surface area contributed by atoms with E-state index in [0.29, 0.717) is 5.92 Å². The highest BCUT2D eigenvalue weighted by Gasteiger charge is 2.38. The summed E-state index contributed by atoms with van der Waals surface area (Å²) < 4.78 is 11.8. The molecule has 11 heteroatoms. The van der Waals surface area contributed by atoms with Gasteiger partial charge in [0.2, 0.25) is 0 Å². The van der Waals surface area contributed by atoms with Crippen molar-refractivity contribution in [3.8, 4) is 51.7 Å². The van der Waals surface area contributed by atoms with Crippen LogP contribution in [0.15, 0.2) is 42.0 Å². The molecule has 0 saturated carbocycles. The fourth-order valence-electron chi connectivity index (χ4n) is 6.93. The number of rotatable bonds is 17. The summed E-state index contributed by atoms with van der Waals surface area (Å²) in [5, 5.41) is 82.3. The van der Waals surface area contributed by atoms with Gasteiger partial charge in [0.05, 0.1) is 5.56 Å². The van der Waals surface area contributed by atoms with Crippen molar-refractivity contribution in [1.29, 1.82) is 0 Å². The predicted molar refractivity (Wildman–Crippen MR) is 201 cm³/mol. The summed E-state index contributed by atoms with van der Waals surface area (Å²) in [6, 6.07) is 5.39. The quantitative estimate of drug-likeness (QED) is 0.0374. The van der Waals surface area contributed by atoms with Crippen LogP contribution >= 0.6 is 0 Å². The molecule has 0 spiro atoms. The third kappa shape index (κ3) is 10.8. The van der Waals surface area contributed by atoms with E-state index in [9.17, 15) is 45.6 Å². The first-order valence-electron chi connectivity index (χ1n) is 18.6. The van der Waals surface area contributed by atoms with E-state index in [-0.39, 0.29) is 52.3 Å². The first-order valence-corrected chi connectivity index (χ1v) is 18.6. The number of carbonyl (C=O) groups excluding carboxylic acids is 1. The second-order valence-corrected chi connectivity index (χ2v) is 15.3. The second-order valence-electron chi connectivity index (χ2n) is 15.3. The average Bonchev–Trinajstić information content (AvgIpc) is 3.08. The van der Waals surface area contributed by atoms with Crippen LogP contribution in [0.1, 0.15) is 126 Å². The van der Waals surface area contributed by atoms with Gasteiger partial charge in [0.25, 0.3) is 0 Å². The zero-order chi connectivity index (χ0) is 39.0. The highest BCUT2D eigenvalue weighted by atomic mass is 16.6. The molecule has 4 rings (SSSR count). The Morgan fingerprint density at radius 2 is 1.26 bits per heavy atom. The highest BCUT2D eigenvalue weighted by Crippen LogP contribution is 2.48. The summed E-state index contributed by atoms with van der Waals surface area (Å²) in [4.78, 5) is 13.2. The normalized spacial score (nSPS) is 16.9. The summed E-state index contributed by atoms with van der Waals surface area (Å²) in [5.74, 6) is -3.63. The minimum atomic E-state index is -1.22. The van der Waals surface area contributed by atoms with E-state index in [0.717, 1.165) is 60.9 Å². The van der Waals surface area contributed by atoms with Gasteiger partial charge in [0.1, 0.15) is 23.4 Å². The summed E-state index contributed by atoms with van der Waals surface area (Å²) in [6.07, 6.45) is 10.4. The number of esters is 1. The number of fused-ring (bicyclic) bond motifs is 1.